The topological polar surface area (TPSA) is 41.9 Å². The van der Waals surface area contributed by atoms with Gasteiger partial charge in [0.1, 0.15) is 0 Å². The summed E-state index contributed by atoms with van der Waals surface area (Å²) in [5, 5.41) is 9.69. The van der Waals surface area contributed by atoms with Crippen molar-refractivity contribution in [1.29, 1.82) is 0 Å². The minimum Gasteiger partial charge on any atom is -0.454 e. The molecule has 0 bridgehead atoms. The number of halogens is 1. The summed E-state index contributed by atoms with van der Waals surface area (Å²) in [5.41, 5.74) is 1.16. The molecule has 1 aromatic rings. The van der Waals surface area contributed by atoms with Gasteiger partial charge in [-0.15, -0.1) is 0 Å². The number of rotatable bonds is 4. The van der Waals surface area contributed by atoms with E-state index in [1.807, 2.05) is 12.1 Å². The number of piperidine rings is 1. The molecule has 110 valence electrons. The van der Waals surface area contributed by atoms with Gasteiger partial charge >= 0.3 is 0 Å². The van der Waals surface area contributed by atoms with Crippen molar-refractivity contribution in [2.75, 3.05) is 26.5 Å². The van der Waals surface area contributed by atoms with E-state index in [2.05, 4.69) is 4.90 Å². The molecule has 4 nitrogen and oxygen atoms in total. The molecule has 1 fully saturated rings. The van der Waals surface area contributed by atoms with Crippen molar-refractivity contribution < 1.29 is 14.6 Å². The van der Waals surface area contributed by atoms with Crippen LogP contribution in [-0.2, 0) is 6.54 Å². The minimum atomic E-state index is 0.251. The zero-order valence-electron chi connectivity index (χ0n) is 11.5. The molecule has 0 saturated carbocycles. The highest BCUT2D eigenvalue weighted by Gasteiger charge is 2.22. The number of hydrogen-bond acceptors (Lipinski definition) is 4. The van der Waals surface area contributed by atoms with E-state index >= 15 is 0 Å². The van der Waals surface area contributed by atoms with Gasteiger partial charge in [0, 0.05) is 19.7 Å². The van der Waals surface area contributed by atoms with Crippen LogP contribution in [0.1, 0.15) is 24.8 Å². The SMILES string of the molecule is OCCC1CCCN(Cc2cc(Cl)c3c(c2)OCO3)C1. The normalized spacial score (nSPS) is 22.2. The van der Waals surface area contributed by atoms with Gasteiger partial charge in [0.25, 0.3) is 0 Å². The molecule has 2 aliphatic rings. The van der Waals surface area contributed by atoms with Crippen molar-refractivity contribution >= 4 is 11.6 Å². The van der Waals surface area contributed by atoms with E-state index < -0.39 is 0 Å². The predicted molar refractivity (Wildman–Crippen MR) is 77.3 cm³/mol. The zero-order valence-corrected chi connectivity index (χ0v) is 12.2. The maximum absolute atomic E-state index is 9.07. The summed E-state index contributed by atoms with van der Waals surface area (Å²) in [6, 6.07) is 3.98. The fourth-order valence-corrected chi connectivity index (χ4v) is 3.37. The molecule has 1 unspecified atom stereocenters. The highest BCUT2D eigenvalue weighted by atomic mass is 35.5. The van der Waals surface area contributed by atoms with E-state index in [4.69, 9.17) is 26.2 Å². The quantitative estimate of drug-likeness (QED) is 0.928. The Balaban J connectivity index is 1.67. The summed E-state index contributed by atoms with van der Waals surface area (Å²) in [6.45, 7) is 3.56. The Morgan fingerprint density at radius 1 is 1.35 bits per heavy atom. The monoisotopic (exact) mass is 297 g/mol. The molecule has 3 rings (SSSR count). The lowest BCUT2D eigenvalue weighted by Crippen LogP contribution is -2.35. The molecule has 1 atom stereocenters. The Hall–Kier alpha value is -0.970. The average Bonchev–Trinajstić information content (AvgIpc) is 2.88. The van der Waals surface area contributed by atoms with Gasteiger partial charge in [-0.05, 0) is 49.4 Å². The van der Waals surface area contributed by atoms with Crippen LogP contribution < -0.4 is 9.47 Å². The van der Waals surface area contributed by atoms with Crippen LogP contribution in [0.25, 0.3) is 0 Å². The lowest BCUT2D eigenvalue weighted by molar-refractivity contribution is 0.142. The van der Waals surface area contributed by atoms with E-state index in [1.54, 1.807) is 0 Å². The average molecular weight is 298 g/mol. The molecule has 1 saturated heterocycles. The van der Waals surface area contributed by atoms with Crippen LogP contribution in [0.2, 0.25) is 5.02 Å². The van der Waals surface area contributed by atoms with Crippen molar-refractivity contribution in [3.8, 4) is 11.5 Å². The van der Waals surface area contributed by atoms with Crippen molar-refractivity contribution in [1.82, 2.24) is 4.90 Å². The van der Waals surface area contributed by atoms with E-state index in [9.17, 15) is 0 Å². The molecule has 2 heterocycles. The number of benzene rings is 1. The van der Waals surface area contributed by atoms with Gasteiger partial charge in [0.15, 0.2) is 11.5 Å². The van der Waals surface area contributed by atoms with E-state index in [1.165, 1.54) is 12.8 Å². The Labute approximate surface area is 124 Å². The molecule has 0 spiro atoms. The minimum absolute atomic E-state index is 0.251. The highest BCUT2D eigenvalue weighted by molar-refractivity contribution is 6.32. The van der Waals surface area contributed by atoms with Gasteiger partial charge in [0.2, 0.25) is 6.79 Å². The van der Waals surface area contributed by atoms with Crippen molar-refractivity contribution in [3.05, 3.63) is 22.7 Å². The van der Waals surface area contributed by atoms with Crippen LogP contribution in [0.5, 0.6) is 11.5 Å². The number of likely N-dealkylation sites (tertiary alicyclic amines) is 1. The molecule has 0 radical (unpaired) electrons. The lowest BCUT2D eigenvalue weighted by Gasteiger charge is -2.32. The first kappa shape index (κ1) is 14.0. The summed E-state index contributed by atoms with van der Waals surface area (Å²) in [4.78, 5) is 2.43. The lowest BCUT2D eigenvalue weighted by atomic mass is 9.95. The van der Waals surface area contributed by atoms with Crippen molar-refractivity contribution in [3.63, 3.8) is 0 Å². The maximum Gasteiger partial charge on any atom is 0.231 e. The molecule has 0 aromatic heterocycles. The summed E-state index contributed by atoms with van der Waals surface area (Å²) in [6.07, 6.45) is 3.32. The van der Waals surface area contributed by atoms with Crippen LogP contribution >= 0.6 is 11.6 Å². The van der Waals surface area contributed by atoms with Crippen LogP contribution in [0.3, 0.4) is 0 Å². The van der Waals surface area contributed by atoms with Gasteiger partial charge < -0.3 is 14.6 Å². The fourth-order valence-electron chi connectivity index (χ4n) is 3.08. The number of hydrogen-bond donors (Lipinski definition) is 1. The summed E-state index contributed by atoms with van der Waals surface area (Å²) < 4.78 is 10.7. The standard InChI is InChI=1S/C15H20ClNO3/c16-13-6-12(7-14-15(13)20-10-19-14)9-17-4-1-2-11(8-17)3-5-18/h6-7,11,18H,1-5,8-10H2. The van der Waals surface area contributed by atoms with Gasteiger partial charge in [-0.1, -0.05) is 11.6 Å². The second-order valence-electron chi connectivity index (χ2n) is 5.57. The van der Waals surface area contributed by atoms with Crippen LogP contribution in [0, 0.1) is 5.92 Å². The third-order valence-corrected chi connectivity index (χ3v) is 4.31. The number of nitrogens with zero attached hydrogens (tertiary/aromatic N) is 1. The first-order chi connectivity index (χ1) is 9.76. The number of aliphatic hydroxyl groups excluding tert-OH is 1. The Kier molecular flexibility index (Phi) is 4.34. The maximum atomic E-state index is 9.07. The molecule has 1 aromatic carbocycles. The molecule has 5 heteroatoms. The third-order valence-electron chi connectivity index (χ3n) is 4.03. The predicted octanol–water partition coefficient (Wildman–Crippen LogP) is 2.66. The third kappa shape index (κ3) is 3.03. The Morgan fingerprint density at radius 3 is 3.10 bits per heavy atom. The molecular weight excluding hydrogens is 278 g/mol. The molecule has 1 N–H and O–H groups in total. The Morgan fingerprint density at radius 2 is 2.25 bits per heavy atom. The smallest absolute Gasteiger partial charge is 0.231 e. The fraction of sp³-hybridized carbons (Fsp3) is 0.600. The van der Waals surface area contributed by atoms with E-state index in [0.29, 0.717) is 16.7 Å². The van der Waals surface area contributed by atoms with Crippen LogP contribution in [0.4, 0.5) is 0 Å². The highest BCUT2D eigenvalue weighted by Crippen LogP contribution is 2.40. The van der Waals surface area contributed by atoms with Gasteiger partial charge in [-0.25, -0.2) is 0 Å². The zero-order chi connectivity index (χ0) is 13.9. The molecule has 2 aliphatic heterocycles. The van der Waals surface area contributed by atoms with Crippen LogP contribution in [-0.4, -0.2) is 36.5 Å². The summed E-state index contributed by atoms with van der Waals surface area (Å²) in [5.74, 6) is 2.02. The van der Waals surface area contributed by atoms with Gasteiger partial charge in [-0.3, -0.25) is 4.90 Å². The number of fused-ring (bicyclic) bond motifs is 1. The van der Waals surface area contributed by atoms with Gasteiger partial charge in [0.05, 0.1) is 5.02 Å². The number of ether oxygens (including phenoxy) is 2. The van der Waals surface area contributed by atoms with E-state index in [0.717, 1.165) is 37.4 Å². The van der Waals surface area contributed by atoms with Gasteiger partial charge in [-0.2, -0.15) is 0 Å². The molecule has 0 aliphatic carbocycles. The molecule has 0 amide bonds. The second-order valence-corrected chi connectivity index (χ2v) is 5.97. The largest absolute Gasteiger partial charge is 0.454 e. The summed E-state index contributed by atoms with van der Waals surface area (Å²) in [7, 11) is 0. The first-order valence-corrected chi connectivity index (χ1v) is 7.55. The van der Waals surface area contributed by atoms with Crippen molar-refractivity contribution in [2.24, 2.45) is 5.92 Å². The number of aliphatic hydroxyl groups is 1. The second kappa shape index (κ2) is 6.20. The summed E-state index contributed by atoms with van der Waals surface area (Å²) >= 11 is 6.21. The first-order valence-electron chi connectivity index (χ1n) is 7.17. The molecule has 20 heavy (non-hydrogen) atoms. The van der Waals surface area contributed by atoms with Crippen molar-refractivity contribution in [2.45, 2.75) is 25.8 Å². The Bertz CT molecular complexity index is 478. The van der Waals surface area contributed by atoms with E-state index in [-0.39, 0.29) is 13.4 Å². The molecular formula is C15H20ClNO3. The van der Waals surface area contributed by atoms with Crippen LogP contribution in [0.15, 0.2) is 12.1 Å².